The smallest absolute Gasteiger partial charge is 0.121 e. The molecule has 1 nitrogen and oxygen atoms in total. The molecule has 1 aromatic heterocycles. The molecule has 0 spiro atoms. The molecule has 122 valence electrons. The van der Waals surface area contributed by atoms with Crippen LogP contribution in [0.25, 0.3) is 27.5 Å². The first-order valence-corrected chi connectivity index (χ1v) is 9.81. The van der Waals surface area contributed by atoms with Crippen molar-refractivity contribution in [1.29, 1.82) is 0 Å². The molecule has 0 amide bonds. The molecule has 5 aromatic rings. The molecule has 26 heavy (non-hydrogen) atoms. The molecule has 0 N–H and O–H groups in total. The average molecular weight is 347 g/mol. The Bertz CT molecular complexity index is 1130. The van der Waals surface area contributed by atoms with Gasteiger partial charge in [0.15, 0.2) is 0 Å². The Morgan fingerprint density at radius 3 is 1.58 bits per heavy atom. The molecule has 2 heteroatoms. The Kier molecular flexibility index (Phi) is 3.69. The molecule has 0 unspecified atom stereocenters. The van der Waals surface area contributed by atoms with Crippen molar-refractivity contribution in [3.63, 3.8) is 0 Å². The van der Waals surface area contributed by atoms with E-state index in [1.54, 1.807) is 0 Å². The van der Waals surface area contributed by atoms with E-state index < -0.39 is 0 Å². The quantitative estimate of drug-likeness (QED) is 0.425. The first kappa shape index (κ1) is 15.2. The highest BCUT2D eigenvalue weighted by atomic mass is 28.2. The largest absolute Gasteiger partial charge is 0.309 e. The number of hydrogen-bond acceptors (Lipinski definition) is 0. The lowest BCUT2D eigenvalue weighted by Gasteiger charge is -2.09. The molecule has 0 aliphatic carbocycles. The van der Waals surface area contributed by atoms with E-state index in [9.17, 15) is 0 Å². The third-order valence-corrected chi connectivity index (χ3v) is 6.01. The summed E-state index contributed by atoms with van der Waals surface area (Å²) in [5, 5.41) is 5.34. The standard InChI is InChI=1S/C24H17NSi/c1-2-8-19(9-3-1)26-20-16-14-18(15-17-20)25-23-12-6-4-10-21(23)22-11-5-7-13-24(22)25/h1-17H. The second-order valence-electron chi connectivity index (χ2n) is 6.41. The van der Waals surface area contributed by atoms with Crippen LogP contribution in [0.15, 0.2) is 103 Å². The van der Waals surface area contributed by atoms with Crippen molar-refractivity contribution in [2.45, 2.75) is 0 Å². The molecule has 0 aliphatic heterocycles. The Balaban J connectivity index is 1.61. The summed E-state index contributed by atoms with van der Waals surface area (Å²) in [6.45, 7) is 0. The van der Waals surface area contributed by atoms with Crippen molar-refractivity contribution in [3.8, 4) is 5.69 Å². The summed E-state index contributed by atoms with van der Waals surface area (Å²) >= 11 is 0. The lowest BCUT2D eigenvalue weighted by atomic mass is 10.2. The molecule has 4 aromatic carbocycles. The van der Waals surface area contributed by atoms with Crippen LogP contribution >= 0.6 is 0 Å². The predicted molar refractivity (Wildman–Crippen MR) is 112 cm³/mol. The third-order valence-electron chi connectivity index (χ3n) is 4.77. The van der Waals surface area contributed by atoms with Gasteiger partial charge in [-0.1, -0.05) is 89.2 Å². The van der Waals surface area contributed by atoms with Crippen LogP contribution < -0.4 is 10.4 Å². The van der Waals surface area contributed by atoms with E-state index in [-0.39, 0.29) is 0 Å². The Hall–Kier alpha value is -3.10. The summed E-state index contributed by atoms with van der Waals surface area (Å²) < 4.78 is 2.36. The summed E-state index contributed by atoms with van der Waals surface area (Å²) in [5.41, 5.74) is 3.72. The van der Waals surface area contributed by atoms with Gasteiger partial charge >= 0.3 is 0 Å². The molecule has 0 fully saturated rings. The number of para-hydroxylation sites is 2. The van der Waals surface area contributed by atoms with Crippen LogP contribution in [-0.2, 0) is 0 Å². The van der Waals surface area contributed by atoms with E-state index in [4.69, 9.17) is 0 Å². The Labute approximate surface area is 155 Å². The third kappa shape index (κ3) is 2.56. The van der Waals surface area contributed by atoms with E-state index >= 15 is 0 Å². The van der Waals surface area contributed by atoms with Gasteiger partial charge in [-0.25, -0.2) is 0 Å². The van der Waals surface area contributed by atoms with Crippen molar-refractivity contribution in [3.05, 3.63) is 103 Å². The van der Waals surface area contributed by atoms with E-state index in [0.717, 1.165) is 0 Å². The molecule has 0 bridgehead atoms. The molecule has 0 saturated carbocycles. The Morgan fingerprint density at radius 1 is 0.462 bits per heavy atom. The number of nitrogens with zero attached hydrogens (tertiary/aromatic N) is 1. The molecule has 1 heterocycles. The highest BCUT2D eigenvalue weighted by Crippen LogP contribution is 2.31. The molecule has 0 saturated heterocycles. The topological polar surface area (TPSA) is 4.93 Å². The van der Waals surface area contributed by atoms with Crippen LogP contribution in [0.2, 0.25) is 0 Å². The van der Waals surface area contributed by atoms with Crippen molar-refractivity contribution in [2.24, 2.45) is 0 Å². The predicted octanol–water partition coefficient (Wildman–Crippen LogP) is 4.44. The van der Waals surface area contributed by atoms with E-state index in [0.29, 0.717) is 9.52 Å². The fourth-order valence-corrected chi connectivity index (χ4v) is 4.61. The number of aromatic nitrogens is 1. The first-order chi connectivity index (χ1) is 12.9. The second kappa shape index (κ2) is 6.32. The van der Waals surface area contributed by atoms with Gasteiger partial charge in [-0.15, -0.1) is 0 Å². The maximum Gasteiger partial charge on any atom is 0.121 e. The van der Waals surface area contributed by atoms with Gasteiger partial charge in [0, 0.05) is 16.5 Å². The summed E-state index contributed by atoms with van der Waals surface area (Å²) in [4.78, 5) is 0. The van der Waals surface area contributed by atoms with Gasteiger partial charge < -0.3 is 4.57 Å². The Morgan fingerprint density at radius 2 is 0.962 bits per heavy atom. The van der Waals surface area contributed by atoms with E-state index in [1.165, 1.54) is 37.9 Å². The van der Waals surface area contributed by atoms with Gasteiger partial charge in [0.2, 0.25) is 0 Å². The zero-order chi connectivity index (χ0) is 17.3. The first-order valence-electron chi connectivity index (χ1n) is 8.81. The number of fused-ring (bicyclic) bond motifs is 3. The SMILES string of the molecule is c1ccc([Si]c2ccc(-n3c4ccccc4c4ccccc43)cc2)cc1. The van der Waals surface area contributed by atoms with Crippen molar-refractivity contribution in [1.82, 2.24) is 4.57 Å². The van der Waals surface area contributed by atoms with Gasteiger partial charge in [0.05, 0.1) is 11.0 Å². The monoisotopic (exact) mass is 347 g/mol. The van der Waals surface area contributed by atoms with Crippen LogP contribution in [0.1, 0.15) is 0 Å². The summed E-state index contributed by atoms with van der Waals surface area (Å²) in [6.07, 6.45) is 0. The number of rotatable bonds is 3. The van der Waals surface area contributed by atoms with E-state index in [2.05, 4.69) is 108 Å². The molecule has 5 rings (SSSR count). The van der Waals surface area contributed by atoms with Crippen LogP contribution in [0, 0.1) is 0 Å². The fraction of sp³-hybridized carbons (Fsp3) is 0. The summed E-state index contributed by atoms with van der Waals surface area (Å²) in [5.74, 6) is 0. The molecule has 0 atom stereocenters. The highest BCUT2D eigenvalue weighted by Gasteiger charge is 2.11. The van der Waals surface area contributed by atoms with Gasteiger partial charge in [-0.2, -0.15) is 0 Å². The molecule has 0 aliphatic rings. The van der Waals surface area contributed by atoms with Crippen LogP contribution in [-0.4, -0.2) is 14.1 Å². The minimum absolute atomic E-state index is 0.692. The van der Waals surface area contributed by atoms with Crippen molar-refractivity contribution in [2.75, 3.05) is 0 Å². The lowest BCUT2D eigenvalue weighted by Crippen LogP contribution is -2.26. The van der Waals surface area contributed by atoms with Gasteiger partial charge in [-0.3, -0.25) is 0 Å². The van der Waals surface area contributed by atoms with Gasteiger partial charge in [0.1, 0.15) is 9.52 Å². The minimum Gasteiger partial charge on any atom is -0.309 e. The van der Waals surface area contributed by atoms with Gasteiger partial charge in [0.25, 0.3) is 0 Å². The molecular weight excluding hydrogens is 330 g/mol. The second-order valence-corrected chi connectivity index (χ2v) is 7.81. The zero-order valence-electron chi connectivity index (χ0n) is 14.3. The summed E-state index contributed by atoms with van der Waals surface area (Å²) in [6, 6.07) is 36.9. The average Bonchev–Trinajstić information content (AvgIpc) is 3.04. The van der Waals surface area contributed by atoms with Gasteiger partial charge in [-0.05, 0) is 24.3 Å². The number of benzene rings is 4. The molecule has 2 radical (unpaired) electrons. The maximum atomic E-state index is 2.36. The maximum absolute atomic E-state index is 2.36. The van der Waals surface area contributed by atoms with Crippen molar-refractivity contribution >= 4 is 41.7 Å². The van der Waals surface area contributed by atoms with Crippen molar-refractivity contribution < 1.29 is 0 Å². The van der Waals surface area contributed by atoms with Crippen LogP contribution in [0.5, 0.6) is 0 Å². The highest BCUT2D eigenvalue weighted by molar-refractivity contribution is 6.67. The van der Waals surface area contributed by atoms with Crippen LogP contribution in [0.3, 0.4) is 0 Å². The fourth-order valence-electron chi connectivity index (χ4n) is 3.58. The van der Waals surface area contributed by atoms with Crippen LogP contribution in [0.4, 0.5) is 0 Å². The summed E-state index contributed by atoms with van der Waals surface area (Å²) in [7, 11) is 0.692. The lowest BCUT2D eigenvalue weighted by molar-refractivity contribution is 1.18. The normalized spacial score (nSPS) is 11.2. The number of hydrogen-bond donors (Lipinski definition) is 0. The van der Waals surface area contributed by atoms with E-state index in [1.807, 2.05) is 0 Å². The molecular formula is C24H17NSi. The minimum atomic E-state index is 0.692. The zero-order valence-corrected chi connectivity index (χ0v) is 15.3.